The van der Waals surface area contributed by atoms with Gasteiger partial charge in [-0.2, -0.15) is 5.10 Å². The molecule has 2 aliphatic rings. The molecule has 1 saturated carbocycles. The topological polar surface area (TPSA) is 111 Å². The van der Waals surface area contributed by atoms with Crippen molar-refractivity contribution < 1.29 is 29.3 Å². The minimum Gasteiger partial charge on any atom is -0.481 e. The summed E-state index contributed by atoms with van der Waals surface area (Å²) >= 11 is 8.00. The second kappa shape index (κ2) is 10.9. The second-order valence-electron chi connectivity index (χ2n) is 8.84. The van der Waals surface area contributed by atoms with Gasteiger partial charge >= 0.3 is 11.9 Å². The summed E-state index contributed by atoms with van der Waals surface area (Å²) in [6, 6.07) is 3.52. The maximum absolute atomic E-state index is 12.4. The molecule has 1 aromatic carbocycles. The lowest BCUT2D eigenvalue weighted by Crippen LogP contribution is -2.19. The highest BCUT2D eigenvalue weighted by Crippen LogP contribution is 2.41. The molecule has 1 aliphatic carbocycles. The molecular weight excluding hydrogens is 480 g/mol. The predicted octanol–water partition coefficient (Wildman–Crippen LogP) is 5.48. The molecule has 0 bridgehead atoms. The van der Waals surface area contributed by atoms with E-state index in [0.29, 0.717) is 40.2 Å². The van der Waals surface area contributed by atoms with Gasteiger partial charge in [-0.05, 0) is 49.7 Å². The molecule has 0 radical (unpaired) electrons. The number of aromatic carboxylic acids is 1. The Morgan fingerprint density at radius 1 is 1.18 bits per heavy atom. The first kappa shape index (κ1) is 24.7. The smallest absolute Gasteiger partial charge is 0.340 e. The number of carboxylic acid groups (broad SMARTS) is 2. The van der Waals surface area contributed by atoms with E-state index in [1.807, 2.05) is 10.7 Å². The summed E-state index contributed by atoms with van der Waals surface area (Å²) in [7, 11) is 0. The fraction of sp³-hybridized carbons (Fsp3) is 0.542. The van der Waals surface area contributed by atoms with Crippen LogP contribution < -0.4 is 9.47 Å². The van der Waals surface area contributed by atoms with Crippen LogP contribution in [0.25, 0.3) is 0 Å². The van der Waals surface area contributed by atoms with Gasteiger partial charge in [0.2, 0.25) is 6.79 Å². The Kier molecular flexibility index (Phi) is 7.93. The molecule has 1 fully saturated rings. The molecule has 8 nitrogen and oxygen atoms in total. The van der Waals surface area contributed by atoms with Crippen molar-refractivity contribution in [1.29, 1.82) is 0 Å². The lowest BCUT2D eigenvalue weighted by Gasteiger charge is -2.26. The summed E-state index contributed by atoms with van der Waals surface area (Å²) in [5, 5.41) is 25.2. The monoisotopic (exact) mass is 508 g/mol. The van der Waals surface area contributed by atoms with Gasteiger partial charge in [0.15, 0.2) is 11.5 Å². The zero-order valence-corrected chi connectivity index (χ0v) is 20.7. The van der Waals surface area contributed by atoms with E-state index in [2.05, 4.69) is 6.92 Å². The van der Waals surface area contributed by atoms with Gasteiger partial charge in [0.25, 0.3) is 0 Å². The van der Waals surface area contributed by atoms with E-state index in [0.717, 1.165) is 44.1 Å². The first-order chi connectivity index (χ1) is 16.4. The summed E-state index contributed by atoms with van der Waals surface area (Å²) in [6.07, 6.45) is 5.74. The Morgan fingerprint density at radius 3 is 2.53 bits per heavy atom. The number of hydrogen-bond acceptors (Lipinski definition) is 6. The summed E-state index contributed by atoms with van der Waals surface area (Å²) in [5.41, 5.74) is 1.61. The number of aliphatic carboxylic acids is 1. The van der Waals surface area contributed by atoms with Crippen molar-refractivity contribution in [3.05, 3.63) is 34.0 Å². The van der Waals surface area contributed by atoms with E-state index in [1.54, 1.807) is 6.07 Å². The lowest BCUT2D eigenvalue weighted by atomic mass is 9.87. The number of unbranched alkanes of at least 4 members (excludes halogenated alkanes) is 1. The van der Waals surface area contributed by atoms with Crippen molar-refractivity contribution >= 4 is 35.3 Å². The van der Waals surface area contributed by atoms with Crippen LogP contribution in [0, 0.1) is 5.92 Å². The van der Waals surface area contributed by atoms with Crippen LogP contribution in [0.5, 0.6) is 11.5 Å². The standard InChI is InChI=1S/C24H29ClN2O6S/c1-2-3-8-27-18(10-15-11-19-20(12-17(15)25)33-13-32-19)22(24(30)31)23(26-27)34-16-6-4-14(5-7-16)9-21(28)29/h11-12,14,16H,2-10,13H2,1H3,(H,28,29)(H,30,31). The Labute approximate surface area is 207 Å². The number of aromatic nitrogens is 2. The molecule has 0 spiro atoms. The highest BCUT2D eigenvalue weighted by Gasteiger charge is 2.30. The summed E-state index contributed by atoms with van der Waals surface area (Å²) in [5.74, 6) is -0.383. The third-order valence-electron chi connectivity index (χ3n) is 6.40. The number of fused-ring (bicyclic) bond motifs is 1. The third-order valence-corrected chi connectivity index (χ3v) is 8.06. The number of benzene rings is 1. The van der Waals surface area contributed by atoms with Crippen LogP contribution >= 0.6 is 23.4 Å². The van der Waals surface area contributed by atoms with Crippen molar-refractivity contribution in [3.63, 3.8) is 0 Å². The first-order valence-corrected chi connectivity index (χ1v) is 12.9. The molecule has 1 aliphatic heterocycles. The van der Waals surface area contributed by atoms with Crippen LogP contribution in [0.3, 0.4) is 0 Å². The minimum absolute atomic E-state index is 0.138. The molecule has 10 heteroatoms. The van der Waals surface area contributed by atoms with Crippen LogP contribution in [-0.4, -0.2) is 44.0 Å². The normalized spacial score (nSPS) is 19.4. The summed E-state index contributed by atoms with van der Waals surface area (Å²) in [4.78, 5) is 23.4. The van der Waals surface area contributed by atoms with Gasteiger partial charge in [-0.1, -0.05) is 24.9 Å². The maximum Gasteiger partial charge on any atom is 0.340 e. The van der Waals surface area contributed by atoms with Gasteiger partial charge in [0.05, 0.1) is 5.69 Å². The molecule has 1 aromatic heterocycles. The average molecular weight is 509 g/mol. The molecule has 2 N–H and O–H groups in total. The van der Waals surface area contributed by atoms with Crippen LogP contribution in [0.1, 0.15) is 73.5 Å². The van der Waals surface area contributed by atoms with Crippen LogP contribution in [0.2, 0.25) is 5.02 Å². The van der Waals surface area contributed by atoms with E-state index < -0.39 is 11.9 Å². The van der Waals surface area contributed by atoms with Crippen LogP contribution in [0.4, 0.5) is 0 Å². The number of rotatable bonds is 10. The molecule has 0 amide bonds. The number of halogens is 1. The molecule has 184 valence electrons. The second-order valence-corrected chi connectivity index (χ2v) is 10.5. The van der Waals surface area contributed by atoms with Crippen molar-refractivity contribution in [2.45, 2.75) is 75.1 Å². The molecule has 0 atom stereocenters. The Morgan fingerprint density at radius 2 is 1.88 bits per heavy atom. The van der Waals surface area contributed by atoms with Crippen LogP contribution in [-0.2, 0) is 17.8 Å². The fourth-order valence-corrected chi connectivity index (χ4v) is 6.09. The van der Waals surface area contributed by atoms with Crippen molar-refractivity contribution in [3.8, 4) is 11.5 Å². The van der Waals surface area contributed by atoms with E-state index >= 15 is 0 Å². The third kappa shape index (κ3) is 5.63. The largest absolute Gasteiger partial charge is 0.481 e. The van der Waals surface area contributed by atoms with Gasteiger partial charge in [-0.25, -0.2) is 4.79 Å². The van der Waals surface area contributed by atoms with Crippen molar-refractivity contribution in [1.82, 2.24) is 9.78 Å². The number of carbonyl (C=O) groups is 2. The van der Waals surface area contributed by atoms with E-state index in [9.17, 15) is 14.7 Å². The SMILES string of the molecule is CCCCn1nc(SC2CCC(CC(=O)O)CC2)c(C(=O)O)c1Cc1cc2c(cc1Cl)OCO2. The Balaban J connectivity index is 1.60. The Bertz CT molecular complexity index is 1060. The van der Waals surface area contributed by atoms with Crippen molar-refractivity contribution in [2.24, 2.45) is 5.92 Å². The van der Waals surface area contributed by atoms with Crippen LogP contribution in [0.15, 0.2) is 17.2 Å². The number of thioether (sulfide) groups is 1. The number of ether oxygens (including phenoxy) is 2. The zero-order valence-electron chi connectivity index (χ0n) is 19.1. The highest BCUT2D eigenvalue weighted by atomic mass is 35.5. The van der Waals surface area contributed by atoms with Gasteiger partial charge in [-0.3, -0.25) is 9.48 Å². The van der Waals surface area contributed by atoms with E-state index in [4.69, 9.17) is 31.3 Å². The molecule has 2 aromatic rings. The van der Waals surface area contributed by atoms with Gasteiger partial charge in [0, 0.05) is 35.7 Å². The first-order valence-electron chi connectivity index (χ1n) is 11.6. The number of nitrogens with zero attached hydrogens (tertiary/aromatic N) is 2. The Hall–Kier alpha value is -2.39. The van der Waals surface area contributed by atoms with E-state index in [1.165, 1.54) is 11.8 Å². The predicted molar refractivity (Wildman–Crippen MR) is 128 cm³/mol. The number of hydrogen-bond donors (Lipinski definition) is 2. The highest BCUT2D eigenvalue weighted by molar-refractivity contribution is 7.99. The molecule has 2 heterocycles. The lowest BCUT2D eigenvalue weighted by molar-refractivity contribution is -0.138. The van der Waals surface area contributed by atoms with E-state index in [-0.39, 0.29) is 29.9 Å². The van der Waals surface area contributed by atoms with Gasteiger partial charge in [0.1, 0.15) is 10.6 Å². The molecule has 4 rings (SSSR count). The van der Waals surface area contributed by atoms with Crippen molar-refractivity contribution in [2.75, 3.05) is 6.79 Å². The number of aryl methyl sites for hydroxylation is 1. The maximum atomic E-state index is 12.4. The zero-order chi connectivity index (χ0) is 24.2. The average Bonchev–Trinajstić information content (AvgIpc) is 3.37. The van der Waals surface area contributed by atoms with Gasteiger partial charge in [-0.15, -0.1) is 11.8 Å². The molecular formula is C24H29ClN2O6S. The molecule has 34 heavy (non-hydrogen) atoms. The summed E-state index contributed by atoms with van der Waals surface area (Å²) in [6.45, 7) is 2.85. The molecule has 0 saturated heterocycles. The molecule has 0 unspecified atom stereocenters. The van der Waals surface area contributed by atoms with Gasteiger partial charge < -0.3 is 19.7 Å². The minimum atomic E-state index is -1.00. The summed E-state index contributed by atoms with van der Waals surface area (Å²) < 4.78 is 12.7. The quantitative estimate of drug-likeness (QED) is 0.434. The fourth-order valence-electron chi connectivity index (χ4n) is 4.58. The number of carboxylic acids is 2.